The highest BCUT2D eigenvalue weighted by Crippen LogP contribution is 2.27. The summed E-state index contributed by atoms with van der Waals surface area (Å²) in [5, 5.41) is 12.6. The van der Waals surface area contributed by atoms with Crippen molar-refractivity contribution >= 4 is 11.5 Å². The van der Waals surface area contributed by atoms with E-state index in [4.69, 9.17) is 10.9 Å². The SMILES string of the molecule is N/C(=N/O)C(CNc1cc(F)ccc1F)C(F)(F)F. The minimum atomic E-state index is -4.78. The lowest BCUT2D eigenvalue weighted by molar-refractivity contribution is -0.152. The lowest BCUT2D eigenvalue weighted by Gasteiger charge is -2.20. The number of hydrogen-bond donors (Lipinski definition) is 3. The van der Waals surface area contributed by atoms with Crippen molar-refractivity contribution in [3.8, 4) is 0 Å². The summed E-state index contributed by atoms with van der Waals surface area (Å²) in [6, 6.07) is 2.30. The summed E-state index contributed by atoms with van der Waals surface area (Å²) < 4.78 is 63.7. The highest BCUT2D eigenvalue weighted by atomic mass is 19.4. The molecule has 1 rings (SSSR count). The molecule has 9 heteroatoms. The van der Waals surface area contributed by atoms with Gasteiger partial charge in [0.1, 0.15) is 17.6 Å². The Bertz CT molecular complexity index is 475. The van der Waals surface area contributed by atoms with E-state index in [1.807, 2.05) is 0 Å². The monoisotopic (exact) mass is 283 g/mol. The number of nitrogens with zero attached hydrogens (tertiary/aromatic N) is 1. The second kappa shape index (κ2) is 5.72. The number of anilines is 1. The van der Waals surface area contributed by atoms with E-state index >= 15 is 0 Å². The summed E-state index contributed by atoms with van der Waals surface area (Å²) >= 11 is 0. The molecule has 4 N–H and O–H groups in total. The van der Waals surface area contributed by atoms with E-state index in [-0.39, 0.29) is 0 Å². The fourth-order valence-electron chi connectivity index (χ4n) is 1.30. The number of alkyl halides is 3. The summed E-state index contributed by atoms with van der Waals surface area (Å²) in [5.74, 6) is -5.12. The number of oxime groups is 1. The summed E-state index contributed by atoms with van der Waals surface area (Å²) in [6.45, 7) is -0.889. The van der Waals surface area contributed by atoms with Crippen LogP contribution in [0.2, 0.25) is 0 Å². The maximum Gasteiger partial charge on any atom is 0.400 e. The van der Waals surface area contributed by atoms with Gasteiger partial charge in [0, 0.05) is 6.54 Å². The number of amidine groups is 1. The molecule has 0 fully saturated rings. The van der Waals surface area contributed by atoms with E-state index in [2.05, 4.69) is 10.5 Å². The first-order chi connectivity index (χ1) is 8.75. The predicted molar refractivity (Wildman–Crippen MR) is 57.8 cm³/mol. The highest BCUT2D eigenvalue weighted by Gasteiger charge is 2.42. The van der Waals surface area contributed by atoms with Crippen LogP contribution in [0.25, 0.3) is 0 Å². The van der Waals surface area contributed by atoms with Crippen molar-refractivity contribution in [1.29, 1.82) is 0 Å². The zero-order chi connectivity index (χ0) is 14.6. The van der Waals surface area contributed by atoms with Crippen LogP contribution < -0.4 is 11.1 Å². The van der Waals surface area contributed by atoms with Gasteiger partial charge in [-0.25, -0.2) is 8.78 Å². The van der Waals surface area contributed by atoms with Gasteiger partial charge in [0.05, 0.1) is 5.69 Å². The Morgan fingerprint density at radius 3 is 2.53 bits per heavy atom. The molecule has 0 aromatic heterocycles. The average Bonchev–Trinajstić information content (AvgIpc) is 2.31. The summed E-state index contributed by atoms with van der Waals surface area (Å²) in [5.41, 5.74) is 4.46. The number of rotatable bonds is 4. The second-order valence-corrected chi connectivity index (χ2v) is 3.62. The number of halogens is 5. The molecular weight excluding hydrogens is 273 g/mol. The zero-order valence-electron chi connectivity index (χ0n) is 9.38. The van der Waals surface area contributed by atoms with Gasteiger partial charge in [-0.1, -0.05) is 5.16 Å². The van der Waals surface area contributed by atoms with E-state index in [1.54, 1.807) is 0 Å². The van der Waals surface area contributed by atoms with Crippen LogP contribution in [0.5, 0.6) is 0 Å². The van der Waals surface area contributed by atoms with Gasteiger partial charge in [0.25, 0.3) is 0 Å². The molecular formula is C10H10F5N3O. The molecule has 106 valence electrons. The Kier molecular flexibility index (Phi) is 4.52. The normalized spacial score (nSPS) is 14.3. The maximum absolute atomic E-state index is 13.2. The fourth-order valence-corrected chi connectivity index (χ4v) is 1.30. The first-order valence-corrected chi connectivity index (χ1v) is 4.98. The number of benzene rings is 1. The molecule has 1 atom stereocenters. The quantitative estimate of drug-likeness (QED) is 0.261. The molecule has 0 spiro atoms. The van der Waals surface area contributed by atoms with E-state index in [0.29, 0.717) is 6.07 Å². The van der Waals surface area contributed by atoms with Crippen LogP contribution in [0.15, 0.2) is 23.4 Å². The van der Waals surface area contributed by atoms with Crippen LogP contribution >= 0.6 is 0 Å². The van der Waals surface area contributed by atoms with Crippen molar-refractivity contribution in [2.45, 2.75) is 6.18 Å². The van der Waals surface area contributed by atoms with Crippen molar-refractivity contribution in [1.82, 2.24) is 0 Å². The predicted octanol–water partition coefficient (Wildman–Crippen LogP) is 2.30. The molecule has 1 aromatic rings. The van der Waals surface area contributed by atoms with Crippen molar-refractivity contribution in [2.75, 3.05) is 11.9 Å². The van der Waals surface area contributed by atoms with E-state index in [0.717, 1.165) is 12.1 Å². The van der Waals surface area contributed by atoms with Gasteiger partial charge < -0.3 is 16.3 Å². The van der Waals surface area contributed by atoms with Gasteiger partial charge >= 0.3 is 6.18 Å². The molecule has 0 radical (unpaired) electrons. The molecule has 0 aliphatic rings. The first kappa shape index (κ1) is 15.0. The van der Waals surface area contributed by atoms with Crippen LogP contribution in [-0.2, 0) is 0 Å². The van der Waals surface area contributed by atoms with E-state index < -0.39 is 41.8 Å². The second-order valence-electron chi connectivity index (χ2n) is 3.62. The topological polar surface area (TPSA) is 70.6 Å². The van der Waals surface area contributed by atoms with Gasteiger partial charge in [-0.15, -0.1) is 0 Å². The zero-order valence-corrected chi connectivity index (χ0v) is 9.38. The van der Waals surface area contributed by atoms with Crippen LogP contribution in [0.4, 0.5) is 27.6 Å². The Morgan fingerprint density at radius 2 is 2.00 bits per heavy atom. The molecule has 0 amide bonds. The molecule has 0 saturated heterocycles. The highest BCUT2D eigenvalue weighted by molar-refractivity contribution is 5.83. The van der Waals surface area contributed by atoms with Crippen LogP contribution in [0.1, 0.15) is 0 Å². The third kappa shape index (κ3) is 3.97. The van der Waals surface area contributed by atoms with E-state index in [1.165, 1.54) is 0 Å². The molecule has 0 bridgehead atoms. The molecule has 0 saturated carbocycles. The fraction of sp³-hybridized carbons (Fsp3) is 0.300. The van der Waals surface area contributed by atoms with E-state index in [9.17, 15) is 22.0 Å². The summed E-state index contributed by atoms with van der Waals surface area (Å²) in [4.78, 5) is 0. The standard InChI is InChI=1S/C10H10F5N3O/c11-5-1-2-7(12)8(3-5)17-4-6(9(16)18-19)10(13,14)15/h1-3,6,17,19H,4H2,(H2,16,18). The number of nitrogens with one attached hydrogen (secondary N) is 1. The van der Waals surface area contributed by atoms with Crippen LogP contribution in [-0.4, -0.2) is 23.8 Å². The minimum absolute atomic E-state index is 0.444. The molecule has 1 aromatic carbocycles. The Labute approximate surface area is 104 Å². The van der Waals surface area contributed by atoms with Gasteiger partial charge in [-0.3, -0.25) is 0 Å². The maximum atomic E-state index is 13.2. The smallest absolute Gasteiger partial charge is 0.400 e. The molecule has 4 nitrogen and oxygen atoms in total. The number of hydrogen-bond acceptors (Lipinski definition) is 3. The molecule has 1 unspecified atom stereocenters. The molecule has 0 aliphatic heterocycles. The van der Waals surface area contributed by atoms with Crippen molar-refractivity contribution in [3.63, 3.8) is 0 Å². The largest absolute Gasteiger partial charge is 0.409 e. The summed E-state index contributed by atoms with van der Waals surface area (Å²) in [6.07, 6.45) is -4.78. The first-order valence-electron chi connectivity index (χ1n) is 4.98. The number of nitrogens with two attached hydrogens (primary N) is 1. The van der Waals surface area contributed by atoms with Crippen LogP contribution in [0, 0.1) is 17.6 Å². The average molecular weight is 283 g/mol. The molecule has 19 heavy (non-hydrogen) atoms. The van der Waals surface area contributed by atoms with Gasteiger partial charge in [-0.2, -0.15) is 13.2 Å². The lowest BCUT2D eigenvalue weighted by Crippen LogP contribution is -2.40. The molecule has 0 aliphatic carbocycles. The van der Waals surface area contributed by atoms with Gasteiger partial charge in [0.15, 0.2) is 5.84 Å². The third-order valence-electron chi connectivity index (χ3n) is 2.29. The Balaban J connectivity index is 2.85. The van der Waals surface area contributed by atoms with Gasteiger partial charge in [0.2, 0.25) is 0 Å². The minimum Gasteiger partial charge on any atom is -0.409 e. The Morgan fingerprint density at radius 1 is 1.37 bits per heavy atom. The van der Waals surface area contributed by atoms with Crippen molar-refractivity contribution < 1.29 is 27.2 Å². The lowest BCUT2D eigenvalue weighted by atomic mass is 10.1. The van der Waals surface area contributed by atoms with Crippen molar-refractivity contribution in [2.24, 2.45) is 16.8 Å². The van der Waals surface area contributed by atoms with Gasteiger partial charge in [-0.05, 0) is 18.2 Å². The summed E-state index contributed by atoms with van der Waals surface area (Å²) in [7, 11) is 0. The van der Waals surface area contributed by atoms with Crippen LogP contribution in [0.3, 0.4) is 0 Å². The third-order valence-corrected chi connectivity index (χ3v) is 2.29. The Hall–Kier alpha value is -2.06. The van der Waals surface area contributed by atoms with Crippen molar-refractivity contribution in [3.05, 3.63) is 29.8 Å². The molecule has 0 heterocycles.